The Morgan fingerprint density at radius 2 is 1.91 bits per heavy atom. The highest BCUT2D eigenvalue weighted by Crippen LogP contribution is 2.34. The summed E-state index contributed by atoms with van der Waals surface area (Å²) in [6.07, 6.45) is 0.348. The van der Waals surface area contributed by atoms with Crippen molar-refractivity contribution in [3.63, 3.8) is 0 Å². The number of anilines is 1. The standard InChI is InChI=1S/C27H32N4OS2/c1-6-33-22-12-10-21(11-13-22)17-25(32)30(14-15-31-20(5)16-19(4)29-31)27-28-26-23(18(2)3)8-7-9-24(26)34-27/h7-13,16,18H,6,14-15,17H2,1-5H3. The van der Waals surface area contributed by atoms with Crippen molar-refractivity contribution in [1.82, 2.24) is 14.8 Å². The normalized spacial score (nSPS) is 11.5. The molecule has 0 radical (unpaired) electrons. The van der Waals surface area contributed by atoms with Crippen LogP contribution in [0.3, 0.4) is 0 Å². The molecule has 0 spiro atoms. The zero-order valence-electron chi connectivity index (χ0n) is 20.5. The number of para-hydroxylation sites is 1. The van der Waals surface area contributed by atoms with Gasteiger partial charge in [-0.2, -0.15) is 5.10 Å². The molecule has 5 nitrogen and oxygen atoms in total. The number of hydrogen-bond acceptors (Lipinski definition) is 5. The second-order valence-corrected chi connectivity index (χ2v) is 11.1. The third-order valence-electron chi connectivity index (χ3n) is 5.82. The number of amides is 1. The van der Waals surface area contributed by atoms with Gasteiger partial charge in [0.15, 0.2) is 5.13 Å². The van der Waals surface area contributed by atoms with Gasteiger partial charge in [-0.1, -0.05) is 56.4 Å². The Balaban J connectivity index is 1.63. The molecule has 0 saturated carbocycles. The zero-order chi connectivity index (χ0) is 24.2. The lowest BCUT2D eigenvalue weighted by atomic mass is 10.0. The first-order valence-electron chi connectivity index (χ1n) is 11.8. The highest BCUT2D eigenvalue weighted by atomic mass is 32.2. The summed E-state index contributed by atoms with van der Waals surface area (Å²) < 4.78 is 3.09. The summed E-state index contributed by atoms with van der Waals surface area (Å²) in [7, 11) is 0. The Hall–Kier alpha value is -2.64. The molecule has 0 bridgehead atoms. The summed E-state index contributed by atoms with van der Waals surface area (Å²) in [6.45, 7) is 11.7. The van der Waals surface area contributed by atoms with E-state index in [1.165, 1.54) is 10.5 Å². The molecular weight excluding hydrogens is 460 g/mol. The number of fused-ring (bicyclic) bond motifs is 1. The summed E-state index contributed by atoms with van der Waals surface area (Å²) in [5.41, 5.74) is 5.32. The van der Waals surface area contributed by atoms with Gasteiger partial charge >= 0.3 is 0 Å². The van der Waals surface area contributed by atoms with Crippen LogP contribution in [-0.4, -0.2) is 33.0 Å². The molecule has 0 aliphatic carbocycles. The van der Waals surface area contributed by atoms with Crippen LogP contribution in [0, 0.1) is 13.8 Å². The van der Waals surface area contributed by atoms with E-state index in [-0.39, 0.29) is 5.91 Å². The number of nitrogens with zero attached hydrogens (tertiary/aromatic N) is 4. The first-order valence-corrected chi connectivity index (χ1v) is 13.6. The maximum atomic E-state index is 13.6. The third kappa shape index (κ3) is 5.53. The molecule has 7 heteroatoms. The summed E-state index contributed by atoms with van der Waals surface area (Å²) in [5, 5.41) is 5.34. The smallest absolute Gasteiger partial charge is 0.233 e. The number of carbonyl (C=O) groups is 1. The molecule has 0 atom stereocenters. The van der Waals surface area contributed by atoms with Gasteiger partial charge in [-0.05, 0) is 60.9 Å². The van der Waals surface area contributed by atoms with Gasteiger partial charge in [-0.25, -0.2) is 4.98 Å². The average Bonchev–Trinajstić information content (AvgIpc) is 3.37. The van der Waals surface area contributed by atoms with Gasteiger partial charge in [-0.3, -0.25) is 14.4 Å². The molecule has 0 aliphatic heterocycles. The third-order valence-corrected chi connectivity index (χ3v) is 7.76. The van der Waals surface area contributed by atoms with Gasteiger partial charge in [0.05, 0.1) is 28.9 Å². The van der Waals surface area contributed by atoms with Crippen LogP contribution in [0.2, 0.25) is 0 Å². The Morgan fingerprint density at radius 1 is 1.15 bits per heavy atom. The van der Waals surface area contributed by atoms with E-state index in [9.17, 15) is 4.79 Å². The van der Waals surface area contributed by atoms with Crippen LogP contribution < -0.4 is 4.90 Å². The van der Waals surface area contributed by atoms with Crippen LogP contribution in [0.5, 0.6) is 0 Å². The predicted octanol–water partition coefficient (Wildman–Crippen LogP) is 6.62. The van der Waals surface area contributed by atoms with Crippen molar-refractivity contribution in [2.45, 2.75) is 58.4 Å². The first kappa shape index (κ1) is 24.5. The molecule has 0 fully saturated rings. The number of carbonyl (C=O) groups excluding carboxylic acids is 1. The molecular formula is C27H32N4OS2. The molecule has 4 aromatic rings. The summed E-state index contributed by atoms with van der Waals surface area (Å²) in [5.74, 6) is 1.47. The zero-order valence-corrected chi connectivity index (χ0v) is 22.2. The number of rotatable bonds is 9. The Labute approximate surface area is 210 Å². The van der Waals surface area contributed by atoms with Crippen molar-refractivity contribution >= 4 is 44.4 Å². The average molecular weight is 493 g/mol. The van der Waals surface area contributed by atoms with E-state index in [1.807, 2.05) is 28.3 Å². The van der Waals surface area contributed by atoms with Crippen molar-refractivity contribution in [3.8, 4) is 0 Å². The van der Waals surface area contributed by atoms with Crippen LogP contribution in [0.1, 0.15) is 49.2 Å². The number of aryl methyl sites for hydroxylation is 2. The van der Waals surface area contributed by atoms with E-state index < -0.39 is 0 Å². The second kappa shape index (κ2) is 10.7. The van der Waals surface area contributed by atoms with Gasteiger partial charge in [-0.15, -0.1) is 11.8 Å². The van der Waals surface area contributed by atoms with Crippen molar-refractivity contribution in [2.24, 2.45) is 0 Å². The first-order chi connectivity index (χ1) is 16.4. The van der Waals surface area contributed by atoms with E-state index in [0.29, 0.717) is 25.4 Å². The molecule has 0 N–H and O–H groups in total. The van der Waals surface area contributed by atoms with Crippen LogP contribution >= 0.6 is 23.1 Å². The van der Waals surface area contributed by atoms with E-state index >= 15 is 0 Å². The minimum atomic E-state index is 0.0579. The van der Waals surface area contributed by atoms with Crippen LogP contribution in [0.15, 0.2) is 53.4 Å². The van der Waals surface area contributed by atoms with Crippen LogP contribution in [-0.2, 0) is 17.8 Å². The molecule has 1 amide bonds. The highest BCUT2D eigenvalue weighted by molar-refractivity contribution is 7.99. The quantitative estimate of drug-likeness (QED) is 0.246. The summed E-state index contributed by atoms with van der Waals surface area (Å²) >= 11 is 3.40. The van der Waals surface area contributed by atoms with Crippen LogP contribution in [0.25, 0.3) is 10.2 Å². The topological polar surface area (TPSA) is 51.0 Å². The van der Waals surface area contributed by atoms with E-state index in [0.717, 1.165) is 38.1 Å². The summed E-state index contributed by atoms with van der Waals surface area (Å²) in [6, 6.07) is 16.7. The number of hydrogen-bond donors (Lipinski definition) is 0. The number of thiazole rings is 1. The fraction of sp³-hybridized carbons (Fsp3) is 0.370. The Morgan fingerprint density at radius 3 is 2.56 bits per heavy atom. The monoisotopic (exact) mass is 492 g/mol. The van der Waals surface area contributed by atoms with Gasteiger partial charge < -0.3 is 0 Å². The Kier molecular flexibility index (Phi) is 7.73. The van der Waals surface area contributed by atoms with Gasteiger partial charge in [0.1, 0.15) is 0 Å². The molecule has 178 valence electrons. The van der Waals surface area contributed by atoms with Gasteiger partial charge in [0, 0.05) is 17.1 Å². The highest BCUT2D eigenvalue weighted by Gasteiger charge is 2.22. The molecule has 2 aromatic carbocycles. The van der Waals surface area contributed by atoms with Crippen molar-refractivity contribution in [2.75, 3.05) is 17.2 Å². The minimum Gasteiger partial charge on any atom is -0.286 e. The second-order valence-electron chi connectivity index (χ2n) is 8.79. The summed E-state index contributed by atoms with van der Waals surface area (Å²) in [4.78, 5) is 21.6. The molecule has 0 saturated heterocycles. The molecule has 2 aromatic heterocycles. The molecule has 0 unspecified atom stereocenters. The van der Waals surface area contributed by atoms with E-state index in [2.05, 4.69) is 81.3 Å². The predicted molar refractivity (Wildman–Crippen MR) is 144 cm³/mol. The number of thioether (sulfide) groups is 1. The largest absolute Gasteiger partial charge is 0.286 e. The lowest BCUT2D eigenvalue weighted by molar-refractivity contribution is -0.118. The van der Waals surface area contributed by atoms with E-state index in [1.54, 1.807) is 11.3 Å². The lowest BCUT2D eigenvalue weighted by Crippen LogP contribution is -2.35. The minimum absolute atomic E-state index is 0.0579. The fourth-order valence-electron chi connectivity index (χ4n) is 4.10. The number of aromatic nitrogens is 3. The van der Waals surface area contributed by atoms with Gasteiger partial charge in [0.25, 0.3) is 0 Å². The SMILES string of the molecule is CCSc1ccc(CC(=O)N(CCn2nc(C)cc2C)c2nc3c(C(C)C)cccc3s2)cc1. The maximum Gasteiger partial charge on any atom is 0.233 e. The fourth-order valence-corrected chi connectivity index (χ4v) is 5.81. The molecule has 4 rings (SSSR count). The Bertz CT molecular complexity index is 1270. The lowest BCUT2D eigenvalue weighted by Gasteiger charge is -2.20. The molecule has 2 heterocycles. The van der Waals surface area contributed by atoms with E-state index in [4.69, 9.17) is 4.98 Å². The molecule has 34 heavy (non-hydrogen) atoms. The van der Waals surface area contributed by atoms with Crippen LogP contribution in [0.4, 0.5) is 5.13 Å². The van der Waals surface area contributed by atoms with Crippen molar-refractivity contribution in [3.05, 3.63) is 71.0 Å². The van der Waals surface area contributed by atoms with Gasteiger partial charge in [0.2, 0.25) is 5.91 Å². The van der Waals surface area contributed by atoms with Crippen molar-refractivity contribution in [1.29, 1.82) is 0 Å². The number of benzene rings is 2. The maximum absolute atomic E-state index is 13.6. The van der Waals surface area contributed by atoms with Crippen molar-refractivity contribution < 1.29 is 4.79 Å². The molecule has 0 aliphatic rings.